The zero-order valence-corrected chi connectivity index (χ0v) is 19.9. The quantitative estimate of drug-likeness (QED) is 0.279. The van der Waals surface area contributed by atoms with E-state index in [1.807, 2.05) is 42.5 Å². The fraction of sp³-hybridized carbons (Fsp3) is 0.167. The fourth-order valence-corrected chi connectivity index (χ4v) is 4.62. The lowest BCUT2D eigenvalue weighted by Gasteiger charge is -2.47. The van der Waals surface area contributed by atoms with Crippen LogP contribution in [0.5, 0.6) is 11.5 Å². The summed E-state index contributed by atoms with van der Waals surface area (Å²) in [5, 5.41) is 31.2. The highest BCUT2D eigenvalue weighted by Gasteiger charge is 2.50. The molecule has 1 amide bonds. The Bertz CT molecular complexity index is 1390. The van der Waals surface area contributed by atoms with Crippen LogP contribution in [0.4, 0.5) is 10.1 Å². The number of aliphatic hydroxyl groups is 1. The summed E-state index contributed by atoms with van der Waals surface area (Å²) < 4.78 is 19.1. The van der Waals surface area contributed by atoms with E-state index in [0.717, 1.165) is 5.56 Å². The average molecular weight is 500 g/mol. The number of ether oxygens (including phenoxy) is 1. The SMILES string of the molecule is O=C1[C@H](OCC[C@H](O)c2ccc(F)cc2)[C@@H](c2ccc(-c3cccc(O)c3)cc2O)N1c1ccccc1. The van der Waals surface area contributed by atoms with E-state index in [1.54, 1.807) is 35.2 Å². The van der Waals surface area contributed by atoms with Crippen molar-refractivity contribution in [2.75, 3.05) is 11.5 Å². The Kier molecular flexibility index (Phi) is 6.90. The van der Waals surface area contributed by atoms with Crippen LogP contribution >= 0.6 is 0 Å². The fourth-order valence-electron chi connectivity index (χ4n) is 4.62. The number of carbonyl (C=O) groups excluding carboxylic acids is 1. The Morgan fingerprint density at radius 3 is 2.30 bits per heavy atom. The van der Waals surface area contributed by atoms with E-state index in [2.05, 4.69) is 0 Å². The summed E-state index contributed by atoms with van der Waals surface area (Å²) in [7, 11) is 0. The topological polar surface area (TPSA) is 90.2 Å². The van der Waals surface area contributed by atoms with Gasteiger partial charge < -0.3 is 20.1 Å². The van der Waals surface area contributed by atoms with Crippen molar-refractivity contribution in [2.45, 2.75) is 24.7 Å². The van der Waals surface area contributed by atoms with Gasteiger partial charge in [-0.1, -0.05) is 54.6 Å². The molecule has 0 aromatic heterocycles. The Labute approximate surface area is 213 Å². The van der Waals surface area contributed by atoms with E-state index in [-0.39, 0.29) is 36.3 Å². The van der Waals surface area contributed by atoms with Gasteiger partial charge in [-0.2, -0.15) is 0 Å². The summed E-state index contributed by atoms with van der Waals surface area (Å²) in [5.41, 5.74) is 3.23. The molecule has 4 aromatic carbocycles. The number of phenolic OH excluding ortho intramolecular Hbond substituents is 2. The molecule has 0 spiro atoms. The number of phenols is 2. The monoisotopic (exact) mass is 499 g/mol. The minimum absolute atomic E-state index is 0.000721. The molecule has 1 aliphatic rings. The lowest BCUT2D eigenvalue weighted by atomic mass is 9.88. The third-order valence-corrected chi connectivity index (χ3v) is 6.55. The third kappa shape index (κ3) is 5.05. The lowest BCUT2D eigenvalue weighted by molar-refractivity contribution is -0.143. The molecule has 188 valence electrons. The van der Waals surface area contributed by atoms with Crippen molar-refractivity contribution in [2.24, 2.45) is 0 Å². The van der Waals surface area contributed by atoms with Crippen molar-refractivity contribution < 1.29 is 29.2 Å². The van der Waals surface area contributed by atoms with Crippen molar-refractivity contribution >= 4 is 11.6 Å². The van der Waals surface area contributed by atoms with E-state index in [1.165, 1.54) is 24.3 Å². The molecule has 5 rings (SSSR count). The number of rotatable bonds is 8. The van der Waals surface area contributed by atoms with Gasteiger partial charge in [0, 0.05) is 17.7 Å². The van der Waals surface area contributed by atoms with Crippen LogP contribution in [0.2, 0.25) is 0 Å². The molecule has 6 nitrogen and oxygen atoms in total. The Morgan fingerprint density at radius 1 is 0.865 bits per heavy atom. The molecule has 37 heavy (non-hydrogen) atoms. The van der Waals surface area contributed by atoms with Gasteiger partial charge in [0.05, 0.1) is 12.7 Å². The van der Waals surface area contributed by atoms with Gasteiger partial charge in [-0.3, -0.25) is 9.69 Å². The molecular weight excluding hydrogens is 473 g/mol. The van der Waals surface area contributed by atoms with Crippen LogP contribution in [0.1, 0.15) is 29.7 Å². The number of benzene rings is 4. The van der Waals surface area contributed by atoms with E-state index in [9.17, 15) is 24.5 Å². The first-order valence-corrected chi connectivity index (χ1v) is 12.0. The van der Waals surface area contributed by atoms with Gasteiger partial charge in [-0.05, 0) is 59.2 Å². The first-order valence-electron chi connectivity index (χ1n) is 12.0. The third-order valence-electron chi connectivity index (χ3n) is 6.55. The highest BCUT2D eigenvalue weighted by atomic mass is 19.1. The zero-order chi connectivity index (χ0) is 25.9. The summed E-state index contributed by atoms with van der Waals surface area (Å²) in [5.74, 6) is -0.508. The Balaban J connectivity index is 1.37. The number of amides is 1. The molecule has 1 fully saturated rings. The largest absolute Gasteiger partial charge is 0.508 e. The van der Waals surface area contributed by atoms with Crippen molar-refractivity contribution in [1.82, 2.24) is 0 Å². The van der Waals surface area contributed by atoms with E-state index >= 15 is 0 Å². The van der Waals surface area contributed by atoms with Gasteiger partial charge in [-0.15, -0.1) is 0 Å². The molecule has 1 heterocycles. The summed E-state index contributed by atoms with van der Waals surface area (Å²) in [6, 6.07) is 26.1. The first-order chi connectivity index (χ1) is 17.9. The van der Waals surface area contributed by atoms with E-state index in [0.29, 0.717) is 22.4 Å². The maximum absolute atomic E-state index is 13.2. The number of para-hydroxylation sites is 1. The van der Waals surface area contributed by atoms with Gasteiger partial charge in [-0.25, -0.2) is 4.39 Å². The van der Waals surface area contributed by atoms with Crippen LogP contribution in [-0.2, 0) is 9.53 Å². The molecule has 1 aliphatic heterocycles. The van der Waals surface area contributed by atoms with Crippen LogP contribution < -0.4 is 4.90 Å². The number of anilines is 1. The van der Waals surface area contributed by atoms with Gasteiger partial charge in [0.2, 0.25) is 0 Å². The van der Waals surface area contributed by atoms with Crippen LogP contribution in [0.3, 0.4) is 0 Å². The molecule has 7 heteroatoms. The number of β-lactam (4-membered cyclic amide) rings is 1. The summed E-state index contributed by atoms with van der Waals surface area (Å²) in [6.07, 6.45) is -1.50. The van der Waals surface area contributed by atoms with Crippen LogP contribution in [0, 0.1) is 5.82 Å². The molecular formula is C30H26FNO5. The normalized spacial score (nSPS) is 17.9. The number of aromatic hydroxyl groups is 2. The summed E-state index contributed by atoms with van der Waals surface area (Å²) in [6.45, 7) is 0.0935. The molecule has 0 bridgehead atoms. The minimum Gasteiger partial charge on any atom is -0.508 e. The second kappa shape index (κ2) is 10.4. The minimum atomic E-state index is -0.866. The molecule has 3 atom stereocenters. The van der Waals surface area contributed by atoms with Gasteiger partial charge in [0.15, 0.2) is 6.10 Å². The van der Waals surface area contributed by atoms with Gasteiger partial charge in [0.25, 0.3) is 5.91 Å². The number of aliphatic hydroxyl groups excluding tert-OH is 1. The van der Waals surface area contributed by atoms with E-state index < -0.39 is 18.2 Å². The Hall–Kier alpha value is -4.20. The first kappa shape index (κ1) is 24.5. The average Bonchev–Trinajstić information content (AvgIpc) is 2.90. The predicted molar refractivity (Wildman–Crippen MR) is 138 cm³/mol. The summed E-state index contributed by atoms with van der Waals surface area (Å²) >= 11 is 0. The number of hydrogen-bond donors (Lipinski definition) is 3. The number of hydrogen-bond acceptors (Lipinski definition) is 5. The highest BCUT2D eigenvalue weighted by Crippen LogP contribution is 2.45. The van der Waals surface area contributed by atoms with Crippen LogP contribution in [0.25, 0.3) is 11.1 Å². The van der Waals surface area contributed by atoms with Gasteiger partial charge in [0.1, 0.15) is 23.4 Å². The number of halogens is 1. The maximum Gasteiger partial charge on any atom is 0.259 e. The zero-order valence-electron chi connectivity index (χ0n) is 19.9. The van der Waals surface area contributed by atoms with Crippen LogP contribution in [0.15, 0.2) is 97.1 Å². The van der Waals surface area contributed by atoms with E-state index in [4.69, 9.17) is 4.74 Å². The molecule has 3 N–H and O–H groups in total. The second-order valence-corrected chi connectivity index (χ2v) is 8.96. The number of carbonyl (C=O) groups is 1. The van der Waals surface area contributed by atoms with Gasteiger partial charge >= 0.3 is 0 Å². The predicted octanol–water partition coefficient (Wildman–Crippen LogP) is 5.50. The molecule has 0 aliphatic carbocycles. The molecule has 0 radical (unpaired) electrons. The molecule has 1 saturated heterocycles. The van der Waals surface area contributed by atoms with Crippen molar-refractivity contribution in [3.05, 3.63) is 114 Å². The van der Waals surface area contributed by atoms with Crippen LogP contribution in [-0.4, -0.2) is 33.9 Å². The molecule has 0 saturated carbocycles. The van der Waals surface area contributed by atoms with Crippen molar-refractivity contribution in [3.8, 4) is 22.6 Å². The standard InChI is InChI=1S/C30H26FNO5/c31-22-12-9-19(10-13-22)26(34)15-16-37-29-28(32(30(29)36)23-6-2-1-3-7-23)25-14-11-21(18-27(25)35)20-5-4-8-24(33)17-20/h1-14,17-18,26,28-29,33-35H,15-16H2/t26-,28+,29+/m0/s1. The van der Waals surface area contributed by atoms with Crippen molar-refractivity contribution in [1.29, 1.82) is 0 Å². The maximum atomic E-state index is 13.2. The second-order valence-electron chi connectivity index (χ2n) is 8.96. The smallest absolute Gasteiger partial charge is 0.259 e. The lowest BCUT2D eigenvalue weighted by Crippen LogP contribution is -2.60. The highest BCUT2D eigenvalue weighted by molar-refractivity contribution is 6.05. The van der Waals surface area contributed by atoms with Crippen molar-refractivity contribution in [3.63, 3.8) is 0 Å². The molecule has 4 aromatic rings. The number of nitrogens with zero attached hydrogens (tertiary/aromatic N) is 1. The molecule has 0 unspecified atom stereocenters. The Morgan fingerprint density at radius 2 is 1.59 bits per heavy atom. The summed E-state index contributed by atoms with van der Waals surface area (Å²) in [4.78, 5) is 14.7.